The summed E-state index contributed by atoms with van der Waals surface area (Å²) in [5.74, 6) is -2.76. The van der Waals surface area contributed by atoms with E-state index in [0.717, 1.165) is 14.4 Å². The highest BCUT2D eigenvalue weighted by Crippen LogP contribution is 2.26. The van der Waals surface area contributed by atoms with E-state index in [4.69, 9.17) is 15.6 Å². The predicted octanol–water partition coefficient (Wildman–Crippen LogP) is 2.75. The zero-order valence-corrected chi connectivity index (χ0v) is 18.9. The number of aryl methyl sites for hydroxylation is 1. The SMILES string of the molecule is CCn1cccc(-c2ccc(Cn3cnn(CC(CN)=C(F)F)c3=O)s2)c1=O.O=C(O)C(F)(F)F. The predicted molar refractivity (Wildman–Crippen MR) is 117 cm³/mol. The molecule has 9 nitrogen and oxygen atoms in total. The fourth-order valence-electron chi connectivity index (χ4n) is 2.72. The molecule has 0 saturated heterocycles. The number of aliphatic carboxylic acids is 1. The van der Waals surface area contributed by atoms with E-state index in [1.807, 2.05) is 25.1 Å². The van der Waals surface area contributed by atoms with Crippen LogP contribution in [0.4, 0.5) is 22.0 Å². The summed E-state index contributed by atoms with van der Waals surface area (Å²) in [5, 5.41) is 11.0. The molecule has 35 heavy (non-hydrogen) atoms. The molecule has 0 unspecified atom stereocenters. The molecule has 3 N–H and O–H groups in total. The van der Waals surface area contributed by atoms with Gasteiger partial charge >= 0.3 is 17.8 Å². The van der Waals surface area contributed by atoms with Gasteiger partial charge < -0.3 is 15.4 Å². The van der Waals surface area contributed by atoms with Crippen LogP contribution in [-0.2, 0) is 24.4 Å². The minimum Gasteiger partial charge on any atom is -0.475 e. The maximum atomic E-state index is 12.7. The summed E-state index contributed by atoms with van der Waals surface area (Å²) in [7, 11) is 0. The number of carboxylic acids is 1. The number of carboxylic acid groups (broad SMARTS) is 1. The number of nitrogens with two attached hydrogens (primary N) is 1. The second kappa shape index (κ2) is 11.7. The number of alkyl halides is 3. The average Bonchev–Trinajstić information content (AvgIpc) is 3.39. The fraction of sp³-hybridized carbons (Fsp3) is 0.300. The molecule has 0 aliphatic heterocycles. The first-order valence-electron chi connectivity index (χ1n) is 9.83. The van der Waals surface area contributed by atoms with Gasteiger partial charge in [0.15, 0.2) is 0 Å². The average molecular weight is 521 g/mol. The van der Waals surface area contributed by atoms with Gasteiger partial charge in [-0.1, -0.05) is 0 Å². The van der Waals surface area contributed by atoms with Crippen molar-refractivity contribution in [1.29, 1.82) is 0 Å². The Bertz CT molecular complexity index is 1320. The summed E-state index contributed by atoms with van der Waals surface area (Å²) in [6.07, 6.45) is -3.94. The molecular weight excluding hydrogens is 501 g/mol. The largest absolute Gasteiger partial charge is 0.490 e. The Morgan fingerprint density at radius 1 is 1.17 bits per heavy atom. The van der Waals surface area contributed by atoms with Crippen molar-refractivity contribution in [2.45, 2.75) is 32.7 Å². The van der Waals surface area contributed by atoms with Crippen molar-refractivity contribution in [2.75, 3.05) is 6.54 Å². The number of aromatic nitrogens is 4. The van der Waals surface area contributed by atoms with Gasteiger partial charge in [-0.3, -0.25) is 9.36 Å². The second-order valence-corrected chi connectivity index (χ2v) is 8.02. The molecule has 0 bridgehead atoms. The highest BCUT2D eigenvalue weighted by molar-refractivity contribution is 7.15. The maximum absolute atomic E-state index is 12.7. The van der Waals surface area contributed by atoms with Crippen molar-refractivity contribution in [1.82, 2.24) is 18.9 Å². The highest BCUT2D eigenvalue weighted by atomic mass is 32.1. The standard InChI is InChI=1S/C18H19F2N5O2S.C2HF3O2/c1-2-23-7-3-4-14(17(23)26)15-6-5-13(28-15)10-24-11-22-25(18(24)27)9-12(8-21)16(19)20;3-2(4,5)1(6)7/h3-7,11H,2,8-10,21H2,1H3;(H,6,7). The third kappa shape index (κ3) is 7.19. The lowest BCUT2D eigenvalue weighted by atomic mass is 10.2. The molecule has 15 heteroatoms. The molecular formula is C20H20F5N5O4S. The second-order valence-electron chi connectivity index (χ2n) is 6.85. The summed E-state index contributed by atoms with van der Waals surface area (Å²) in [6.45, 7) is 2.02. The van der Waals surface area contributed by atoms with E-state index < -0.39 is 23.9 Å². The van der Waals surface area contributed by atoms with Gasteiger partial charge in [-0.15, -0.1) is 11.3 Å². The molecule has 0 aliphatic carbocycles. The molecule has 0 radical (unpaired) electrons. The number of halogens is 5. The molecule has 0 aliphatic rings. The van der Waals surface area contributed by atoms with Crippen LogP contribution in [0, 0.1) is 0 Å². The fourth-order valence-corrected chi connectivity index (χ4v) is 3.74. The highest BCUT2D eigenvalue weighted by Gasteiger charge is 2.38. The number of rotatable bonds is 7. The van der Waals surface area contributed by atoms with Gasteiger partial charge in [-0.05, 0) is 31.2 Å². The summed E-state index contributed by atoms with van der Waals surface area (Å²) >= 11 is 1.40. The van der Waals surface area contributed by atoms with Gasteiger partial charge in [0.1, 0.15) is 6.33 Å². The molecule has 3 aromatic heterocycles. The molecule has 3 aromatic rings. The lowest BCUT2D eigenvalue weighted by Crippen LogP contribution is -2.27. The van der Waals surface area contributed by atoms with Crippen molar-refractivity contribution >= 4 is 17.3 Å². The van der Waals surface area contributed by atoms with Crippen LogP contribution in [0.3, 0.4) is 0 Å². The molecule has 3 rings (SSSR count). The third-order valence-electron chi connectivity index (χ3n) is 4.51. The molecule has 3 heterocycles. The Hall–Kier alpha value is -3.59. The first kappa shape index (κ1) is 27.7. The number of nitrogens with zero attached hydrogens (tertiary/aromatic N) is 4. The molecule has 0 aromatic carbocycles. The third-order valence-corrected chi connectivity index (χ3v) is 5.61. The Balaban J connectivity index is 0.000000540. The topological polar surface area (TPSA) is 125 Å². The van der Waals surface area contributed by atoms with Crippen LogP contribution in [0.5, 0.6) is 0 Å². The van der Waals surface area contributed by atoms with Crippen LogP contribution in [0.2, 0.25) is 0 Å². The van der Waals surface area contributed by atoms with Crippen LogP contribution < -0.4 is 17.0 Å². The number of hydrogen-bond acceptors (Lipinski definition) is 6. The van der Waals surface area contributed by atoms with E-state index in [2.05, 4.69) is 5.10 Å². The van der Waals surface area contributed by atoms with Crippen molar-refractivity contribution < 1.29 is 31.9 Å². The molecule has 190 valence electrons. The zero-order valence-electron chi connectivity index (χ0n) is 18.1. The van der Waals surface area contributed by atoms with Crippen LogP contribution in [-0.4, -0.2) is 42.7 Å². The normalized spacial score (nSPS) is 11.1. The van der Waals surface area contributed by atoms with Gasteiger partial charge in [0.05, 0.1) is 18.7 Å². The monoisotopic (exact) mass is 521 g/mol. The van der Waals surface area contributed by atoms with Gasteiger partial charge in [-0.25, -0.2) is 14.3 Å². The lowest BCUT2D eigenvalue weighted by molar-refractivity contribution is -0.192. The Morgan fingerprint density at radius 2 is 1.83 bits per heavy atom. The molecule has 0 fully saturated rings. The van der Waals surface area contributed by atoms with Gasteiger partial charge in [-0.2, -0.15) is 27.1 Å². The first-order chi connectivity index (χ1) is 16.4. The van der Waals surface area contributed by atoms with Crippen molar-refractivity contribution in [3.05, 3.63) is 74.2 Å². The summed E-state index contributed by atoms with van der Waals surface area (Å²) in [4.78, 5) is 35.3. The van der Waals surface area contributed by atoms with E-state index in [0.29, 0.717) is 12.1 Å². The van der Waals surface area contributed by atoms with E-state index in [9.17, 15) is 31.5 Å². The lowest BCUT2D eigenvalue weighted by Gasteiger charge is -2.03. The Labute approximate surface area is 198 Å². The van der Waals surface area contributed by atoms with Gasteiger partial charge in [0, 0.05) is 34.6 Å². The van der Waals surface area contributed by atoms with Crippen molar-refractivity contribution in [3.63, 3.8) is 0 Å². The minimum atomic E-state index is -5.08. The van der Waals surface area contributed by atoms with Gasteiger partial charge in [0.2, 0.25) is 0 Å². The number of carbonyl (C=O) groups is 1. The quantitative estimate of drug-likeness (QED) is 0.461. The smallest absolute Gasteiger partial charge is 0.475 e. The number of hydrogen-bond donors (Lipinski definition) is 2. The van der Waals surface area contributed by atoms with Crippen LogP contribution in [0.25, 0.3) is 10.4 Å². The minimum absolute atomic E-state index is 0.0715. The molecule has 0 atom stereocenters. The Morgan fingerprint density at radius 3 is 2.37 bits per heavy atom. The molecule has 0 spiro atoms. The summed E-state index contributed by atoms with van der Waals surface area (Å²) < 4.78 is 61.1. The van der Waals surface area contributed by atoms with E-state index in [1.165, 1.54) is 22.2 Å². The van der Waals surface area contributed by atoms with Crippen LogP contribution >= 0.6 is 11.3 Å². The van der Waals surface area contributed by atoms with E-state index in [-0.39, 0.29) is 30.8 Å². The Kier molecular flexibility index (Phi) is 9.25. The van der Waals surface area contributed by atoms with Crippen LogP contribution in [0.1, 0.15) is 11.8 Å². The van der Waals surface area contributed by atoms with Gasteiger partial charge in [0.25, 0.3) is 11.6 Å². The first-order valence-corrected chi connectivity index (χ1v) is 10.6. The maximum Gasteiger partial charge on any atom is 0.490 e. The number of pyridine rings is 1. The zero-order chi connectivity index (χ0) is 26.3. The summed E-state index contributed by atoms with van der Waals surface area (Å²) in [6, 6.07) is 7.25. The van der Waals surface area contributed by atoms with Crippen molar-refractivity contribution in [2.24, 2.45) is 5.73 Å². The van der Waals surface area contributed by atoms with Crippen LogP contribution in [0.15, 0.2) is 58.0 Å². The molecule has 0 amide bonds. The van der Waals surface area contributed by atoms with E-state index >= 15 is 0 Å². The van der Waals surface area contributed by atoms with Crippen molar-refractivity contribution in [3.8, 4) is 10.4 Å². The molecule has 0 saturated carbocycles. The summed E-state index contributed by atoms with van der Waals surface area (Å²) in [5.41, 5.74) is 4.97. The van der Waals surface area contributed by atoms with E-state index in [1.54, 1.807) is 16.8 Å². The number of thiophene rings is 1.